The fourth-order valence-corrected chi connectivity index (χ4v) is 3.36. The lowest BCUT2D eigenvalue weighted by molar-refractivity contribution is 0.803. The lowest BCUT2D eigenvalue weighted by atomic mass is 9.84. The highest BCUT2D eigenvalue weighted by Gasteiger charge is 2.26. The van der Waals surface area contributed by atoms with Crippen molar-refractivity contribution in [1.82, 2.24) is 0 Å². The molecule has 0 fully saturated rings. The Kier molecular flexibility index (Phi) is 2.13. The molecule has 18 heavy (non-hydrogen) atoms. The summed E-state index contributed by atoms with van der Waals surface area (Å²) in [5.41, 5.74) is 7.35. The van der Waals surface area contributed by atoms with E-state index in [0.717, 1.165) is 19.4 Å². The van der Waals surface area contributed by atoms with E-state index in [0.29, 0.717) is 5.92 Å². The van der Waals surface area contributed by atoms with E-state index in [9.17, 15) is 0 Å². The van der Waals surface area contributed by atoms with Crippen molar-refractivity contribution in [2.24, 2.45) is 4.99 Å². The molecule has 88 valence electrons. The van der Waals surface area contributed by atoms with E-state index >= 15 is 0 Å². The molecule has 0 spiro atoms. The number of aliphatic imine (C=N–C) groups is 1. The summed E-state index contributed by atoms with van der Waals surface area (Å²) in [7, 11) is 0. The molecule has 1 nitrogen and oxygen atoms in total. The summed E-state index contributed by atoms with van der Waals surface area (Å²) in [6, 6.07) is 15.5. The summed E-state index contributed by atoms with van der Waals surface area (Å²) in [4.78, 5) is 4.56. The number of hydrogen-bond donors (Lipinski definition) is 0. The molecular formula is C17H15N. The molecule has 1 atom stereocenters. The second kappa shape index (κ2) is 3.81. The fourth-order valence-electron chi connectivity index (χ4n) is 3.36. The van der Waals surface area contributed by atoms with Crippen LogP contribution in [-0.4, -0.2) is 12.8 Å². The van der Waals surface area contributed by atoms with E-state index in [4.69, 9.17) is 0 Å². The molecule has 2 aromatic carbocycles. The Morgan fingerprint density at radius 1 is 0.889 bits per heavy atom. The maximum Gasteiger partial charge on any atom is 0.0499 e. The highest BCUT2D eigenvalue weighted by Crippen LogP contribution is 2.37. The SMILES string of the molecule is C1=NCC2c3ccccc3CCc3cccc1c32. The van der Waals surface area contributed by atoms with Crippen LogP contribution < -0.4 is 0 Å². The molecule has 1 heterocycles. The van der Waals surface area contributed by atoms with Crippen LogP contribution in [0.5, 0.6) is 0 Å². The van der Waals surface area contributed by atoms with Crippen LogP contribution in [0.2, 0.25) is 0 Å². The molecule has 0 aromatic heterocycles. The predicted molar refractivity (Wildman–Crippen MR) is 74.6 cm³/mol. The monoisotopic (exact) mass is 233 g/mol. The molecular weight excluding hydrogens is 218 g/mol. The van der Waals surface area contributed by atoms with Crippen molar-refractivity contribution < 1.29 is 0 Å². The molecule has 4 rings (SSSR count). The third kappa shape index (κ3) is 1.37. The first-order valence-electron chi connectivity index (χ1n) is 6.63. The zero-order valence-corrected chi connectivity index (χ0v) is 10.3. The van der Waals surface area contributed by atoms with E-state index in [-0.39, 0.29) is 0 Å². The predicted octanol–water partition coefficient (Wildman–Crippen LogP) is 3.35. The van der Waals surface area contributed by atoms with Gasteiger partial charge >= 0.3 is 0 Å². The minimum atomic E-state index is 0.472. The molecule has 0 N–H and O–H groups in total. The van der Waals surface area contributed by atoms with Crippen molar-refractivity contribution in [3.8, 4) is 0 Å². The minimum Gasteiger partial charge on any atom is -0.292 e. The van der Waals surface area contributed by atoms with Gasteiger partial charge in [-0.15, -0.1) is 0 Å². The van der Waals surface area contributed by atoms with Crippen LogP contribution in [0.15, 0.2) is 47.5 Å². The van der Waals surface area contributed by atoms with Gasteiger partial charge in [0.05, 0.1) is 0 Å². The van der Waals surface area contributed by atoms with Gasteiger partial charge < -0.3 is 0 Å². The third-order valence-corrected chi connectivity index (χ3v) is 4.19. The van der Waals surface area contributed by atoms with Crippen LogP contribution in [0.25, 0.3) is 0 Å². The average Bonchev–Trinajstić information content (AvgIpc) is 2.60. The maximum atomic E-state index is 4.56. The van der Waals surface area contributed by atoms with E-state index in [1.54, 1.807) is 0 Å². The largest absolute Gasteiger partial charge is 0.292 e. The summed E-state index contributed by atoms with van der Waals surface area (Å²) < 4.78 is 0. The van der Waals surface area contributed by atoms with Crippen molar-refractivity contribution in [2.45, 2.75) is 18.8 Å². The topological polar surface area (TPSA) is 12.4 Å². The quantitative estimate of drug-likeness (QED) is 0.661. The molecule has 0 radical (unpaired) electrons. The zero-order valence-electron chi connectivity index (χ0n) is 10.3. The van der Waals surface area contributed by atoms with Gasteiger partial charge in [-0.1, -0.05) is 42.5 Å². The molecule has 2 aliphatic rings. The zero-order chi connectivity index (χ0) is 11.9. The Balaban J connectivity index is 2.01. The van der Waals surface area contributed by atoms with Crippen molar-refractivity contribution >= 4 is 6.21 Å². The van der Waals surface area contributed by atoms with E-state index in [2.05, 4.69) is 47.5 Å². The summed E-state index contributed by atoms with van der Waals surface area (Å²) >= 11 is 0. The van der Waals surface area contributed by atoms with E-state index < -0.39 is 0 Å². The minimum absolute atomic E-state index is 0.472. The van der Waals surface area contributed by atoms with Gasteiger partial charge in [0.25, 0.3) is 0 Å². The van der Waals surface area contributed by atoms with Gasteiger partial charge in [0.1, 0.15) is 0 Å². The maximum absolute atomic E-state index is 4.56. The Morgan fingerprint density at radius 3 is 2.72 bits per heavy atom. The molecule has 0 saturated carbocycles. The summed E-state index contributed by atoms with van der Waals surface area (Å²) in [6.45, 7) is 0.904. The fraction of sp³-hybridized carbons (Fsp3) is 0.235. The highest BCUT2D eigenvalue weighted by atomic mass is 14.7. The van der Waals surface area contributed by atoms with Gasteiger partial charge in [-0.05, 0) is 40.7 Å². The molecule has 1 aliphatic heterocycles. The van der Waals surface area contributed by atoms with Crippen LogP contribution >= 0.6 is 0 Å². The van der Waals surface area contributed by atoms with Crippen LogP contribution in [0, 0.1) is 0 Å². The number of nitrogens with zero attached hydrogens (tertiary/aromatic N) is 1. The number of hydrogen-bond acceptors (Lipinski definition) is 1. The Morgan fingerprint density at radius 2 is 1.72 bits per heavy atom. The molecule has 1 heteroatoms. The summed E-state index contributed by atoms with van der Waals surface area (Å²) in [6.07, 6.45) is 4.36. The van der Waals surface area contributed by atoms with Gasteiger partial charge in [-0.25, -0.2) is 0 Å². The standard InChI is InChI=1S/C17H15N/c1-2-7-15-12(4-1)8-9-13-5-3-6-14-10-18-11-16(15)17(13)14/h1-7,10,16H,8-9,11H2. The first kappa shape index (κ1) is 10.1. The molecule has 2 aromatic rings. The lowest BCUT2D eigenvalue weighted by Crippen LogP contribution is -2.14. The van der Waals surface area contributed by atoms with Crippen LogP contribution in [0.4, 0.5) is 0 Å². The Bertz CT molecular complexity index is 640. The first-order chi connectivity index (χ1) is 8.93. The van der Waals surface area contributed by atoms with Crippen LogP contribution in [0.3, 0.4) is 0 Å². The van der Waals surface area contributed by atoms with Gasteiger partial charge in [-0.2, -0.15) is 0 Å². The summed E-state index contributed by atoms with van der Waals surface area (Å²) in [5.74, 6) is 0.472. The number of fused-ring (bicyclic) bond motifs is 2. The van der Waals surface area contributed by atoms with Crippen molar-refractivity contribution in [3.05, 3.63) is 70.3 Å². The molecule has 1 unspecified atom stereocenters. The number of rotatable bonds is 0. The molecule has 0 amide bonds. The lowest BCUT2D eigenvalue weighted by Gasteiger charge is -2.23. The second-order valence-electron chi connectivity index (χ2n) is 5.17. The highest BCUT2D eigenvalue weighted by molar-refractivity contribution is 5.84. The van der Waals surface area contributed by atoms with Gasteiger partial charge in [0.15, 0.2) is 0 Å². The second-order valence-corrected chi connectivity index (χ2v) is 5.17. The van der Waals surface area contributed by atoms with E-state index in [1.165, 1.54) is 27.8 Å². The average molecular weight is 233 g/mol. The third-order valence-electron chi connectivity index (χ3n) is 4.19. The van der Waals surface area contributed by atoms with E-state index in [1.807, 2.05) is 6.21 Å². The van der Waals surface area contributed by atoms with Crippen molar-refractivity contribution in [2.75, 3.05) is 6.54 Å². The normalized spacial score (nSPS) is 19.9. The van der Waals surface area contributed by atoms with Gasteiger partial charge in [0, 0.05) is 18.7 Å². The van der Waals surface area contributed by atoms with Crippen LogP contribution in [0.1, 0.15) is 33.7 Å². The molecule has 0 saturated heterocycles. The van der Waals surface area contributed by atoms with Gasteiger partial charge in [0.2, 0.25) is 0 Å². The van der Waals surface area contributed by atoms with Crippen molar-refractivity contribution in [1.29, 1.82) is 0 Å². The Hall–Kier alpha value is -1.89. The smallest absolute Gasteiger partial charge is 0.0499 e. The number of aryl methyl sites for hydroxylation is 2. The number of benzene rings is 2. The van der Waals surface area contributed by atoms with Gasteiger partial charge in [-0.3, -0.25) is 4.99 Å². The summed E-state index contributed by atoms with van der Waals surface area (Å²) in [5, 5.41) is 0. The Labute approximate surface area is 107 Å². The molecule has 0 bridgehead atoms. The molecule has 1 aliphatic carbocycles. The van der Waals surface area contributed by atoms with Crippen molar-refractivity contribution in [3.63, 3.8) is 0 Å². The first-order valence-corrected chi connectivity index (χ1v) is 6.63. The van der Waals surface area contributed by atoms with Crippen LogP contribution in [-0.2, 0) is 12.8 Å².